The first-order valence-corrected chi connectivity index (χ1v) is 7.22. The Balaban J connectivity index is 3.16. The molecule has 0 aliphatic rings. The largest absolute Gasteiger partial charge is 0.260 e. The van der Waals surface area contributed by atoms with Crippen molar-refractivity contribution >= 4 is 32.4 Å². The van der Waals surface area contributed by atoms with Gasteiger partial charge in [-0.2, -0.15) is 0 Å². The van der Waals surface area contributed by atoms with Gasteiger partial charge in [-0.1, -0.05) is 33.7 Å². The number of hydrogen-bond donors (Lipinski definition) is 0. The third kappa shape index (κ3) is 10.3. The van der Waals surface area contributed by atoms with Crippen LogP contribution in [-0.4, -0.2) is 22.0 Å². The molecule has 0 aliphatic carbocycles. The van der Waals surface area contributed by atoms with Crippen LogP contribution in [0.3, 0.4) is 0 Å². The van der Waals surface area contributed by atoms with E-state index in [1.807, 2.05) is 17.6 Å². The molecule has 64 valence electrons. The van der Waals surface area contributed by atoms with E-state index in [1.54, 1.807) is 27.8 Å². The molecule has 1 unspecified atom stereocenters. The van der Waals surface area contributed by atoms with Crippen LogP contribution in [0.25, 0.3) is 0 Å². The van der Waals surface area contributed by atoms with Gasteiger partial charge in [0.25, 0.3) is 0 Å². The van der Waals surface area contributed by atoms with Crippen molar-refractivity contribution < 1.29 is 4.21 Å². The average Bonchev–Trinajstić information content (AvgIpc) is 1.96. The van der Waals surface area contributed by atoms with Crippen LogP contribution in [0.2, 0.25) is 0 Å². The molecule has 0 saturated heterocycles. The molecule has 1 nitrogen and oxygen atoms in total. The molecule has 0 aromatic rings. The lowest BCUT2D eigenvalue weighted by Crippen LogP contribution is -1.86. The van der Waals surface area contributed by atoms with Crippen molar-refractivity contribution in [3.8, 4) is 0 Å². The minimum atomic E-state index is -0.702. The Labute approximate surface area is 78.6 Å². The van der Waals surface area contributed by atoms with E-state index in [2.05, 4.69) is 6.58 Å². The Kier molecular flexibility index (Phi) is 8.68. The molecule has 0 radical (unpaired) electrons. The van der Waals surface area contributed by atoms with Crippen LogP contribution in [0.1, 0.15) is 0 Å². The maximum absolute atomic E-state index is 10.6. The van der Waals surface area contributed by atoms with Crippen LogP contribution in [0, 0.1) is 0 Å². The van der Waals surface area contributed by atoms with E-state index < -0.39 is 10.8 Å². The van der Waals surface area contributed by atoms with Gasteiger partial charge in [-0.05, 0) is 5.41 Å². The van der Waals surface area contributed by atoms with Crippen LogP contribution >= 0.6 is 21.6 Å². The highest BCUT2D eigenvalue weighted by atomic mass is 33.1. The van der Waals surface area contributed by atoms with Crippen molar-refractivity contribution in [1.29, 1.82) is 0 Å². The highest BCUT2D eigenvalue weighted by molar-refractivity contribution is 8.77. The highest BCUT2D eigenvalue weighted by Gasteiger charge is 1.83. The van der Waals surface area contributed by atoms with Crippen molar-refractivity contribution in [2.75, 3.05) is 17.8 Å². The Hall–Kier alpha value is 0.330. The molecule has 0 saturated carbocycles. The van der Waals surface area contributed by atoms with Crippen molar-refractivity contribution in [3.05, 3.63) is 24.1 Å². The zero-order valence-corrected chi connectivity index (χ0v) is 8.94. The normalized spacial score (nSPS) is 13.5. The van der Waals surface area contributed by atoms with Gasteiger partial charge in [-0.15, -0.1) is 6.58 Å². The lowest BCUT2D eigenvalue weighted by Gasteiger charge is -1.88. The van der Waals surface area contributed by atoms with Crippen molar-refractivity contribution in [2.45, 2.75) is 0 Å². The summed E-state index contributed by atoms with van der Waals surface area (Å²) < 4.78 is 10.6. The van der Waals surface area contributed by atoms with Crippen LogP contribution in [-0.2, 0) is 10.8 Å². The zero-order valence-electron chi connectivity index (χ0n) is 6.49. The second-order valence-corrected chi connectivity index (χ2v) is 5.58. The standard InChI is InChI=1S/C7H12OS3/c1-3-5-9-10-6-4-7-11(2)8/h3-4,6H,1,5,7H2,2H3/b6-4+. The minimum absolute atomic E-state index is 0.654. The molecule has 0 aliphatic heterocycles. The van der Waals surface area contributed by atoms with Crippen molar-refractivity contribution in [1.82, 2.24) is 0 Å². The van der Waals surface area contributed by atoms with Crippen molar-refractivity contribution in [3.63, 3.8) is 0 Å². The SMILES string of the molecule is C=CCSS/C=C/CS(C)=O. The summed E-state index contributed by atoms with van der Waals surface area (Å²) in [5.41, 5.74) is 0. The first-order chi connectivity index (χ1) is 5.27. The van der Waals surface area contributed by atoms with Gasteiger partial charge in [0.15, 0.2) is 0 Å². The summed E-state index contributed by atoms with van der Waals surface area (Å²) in [7, 11) is 2.67. The van der Waals surface area contributed by atoms with E-state index in [1.165, 1.54) is 0 Å². The zero-order chi connectivity index (χ0) is 8.53. The summed E-state index contributed by atoms with van der Waals surface area (Å²) in [5.74, 6) is 1.60. The Morgan fingerprint density at radius 1 is 1.64 bits per heavy atom. The van der Waals surface area contributed by atoms with E-state index in [0.29, 0.717) is 5.75 Å². The molecule has 0 fully saturated rings. The second kappa shape index (κ2) is 8.43. The van der Waals surface area contributed by atoms with Crippen LogP contribution in [0.4, 0.5) is 0 Å². The van der Waals surface area contributed by atoms with Gasteiger partial charge in [-0.3, -0.25) is 4.21 Å². The van der Waals surface area contributed by atoms with Crippen molar-refractivity contribution in [2.24, 2.45) is 0 Å². The molecule has 0 spiro atoms. The molecular formula is C7H12OS3. The van der Waals surface area contributed by atoms with E-state index in [0.717, 1.165) is 5.75 Å². The molecule has 0 aromatic heterocycles. The molecule has 0 aromatic carbocycles. The molecule has 0 N–H and O–H groups in total. The third-order valence-corrected chi connectivity index (χ3v) is 3.36. The predicted molar refractivity (Wildman–Crippen MR) is 58.3 cm³/mol. The molecular weight excluding hydrogens is 196 g/mol. The Morgan fingerprint density at radius 2 is 2.36 bits per heavy atom. The fourth-order valence-corrected chi connectivity index (χ4v) is 2.25. The van der Waals surface area contributed by atoms with Gasteiger partial charge >= 0.3 is 0 Å². The molecule has 4 heteroatoms. The maximum Gasteiger partial charge on any atom is 0.0420 e. The maximum atomic E-state index is 10.6. The number of rotatable bonds is 6. The van der Waals surface area contributed by atoms with E-state index in [4.69, 9.17) is 0 Å². The van der Waals surface area contributed by atoms with E-state index in [-0.39, 0.29) is 0 Å². The van der Waals surface area contributed by atoms with E-state index in [9.17, 15) is 4.21 Å². The molecule has 0 heterocycles. The summed E-state index contributed by atoms with van der Waals surface area (Å²) in [6, 6.07) is 0. The minimum Gasteiger partial charge on any atom is -0.260 e. The highest BCUT2D eigenvalue weighted by Crippen LogP contribution is 2.21. The van der Waals surface area contributed by atoms with Gasteiger partial charge in [-0.25, -0.2) is 0 Å². The first kappa shape index (κ1) is 11.3. The lowest BCUT2D eigenvalue weighted by molar-refractivity contribution is 0.688. The van der Waals surface area contributed by atoms with Gasteiger partial charge in [0.05, 0.1) is 0 Å². The summed E-state index contributed by atoms with van der Waals surface area (Å²) >= 11 is 0. The summed E-state index contributed by atoms with van der Waals surface area (Å²) in [6.07, 6.45) is 5.49. The molecule has 0 amide bonds. The molecule has 1 atom stereocenters. The van der Waals surface area contributed by atoms with E-state index >= 15 is 0 Å². The van der Waals surface area contributed by atoms with Gasteiger partial charge in [0.2, 0.25) is 0 Å². The van der Waals surface area contributed by atoms with Crippen LogP contribution < -0.4 is 0 Å². The monoisotopic (exact) mass is 208 g/mol. The third-order valence-electron chi connectivity index (χ3n) is 0.737. The van der Waals surface area contributed by atoms with Crippen LogP contribution in [0.15, 0.2) is 24.1 Å². The fourth-order valence-electron chi connectivity index (χ4n) is 0.341. The van der Waals surface area contributed by atoms with Crippen LogP contribution in [0.5, 0.6) is 0 Å². The molecule has 0 rings (SSSR count). The smallest absolute Gasteiger partial charge is 0.0420 e. The number of hydrogen-bond acceptors (Lipinski definition) is 3. The summed E-state index contributed by atoms with van der Waals surface area (Å²) in [4.78, 5) is 0. The first-order valence-electron chi connectivity index (χ1n) is 3.11. The quantitative estimate of drug-likeness (QED) is 0.379. The molecule has 11 heavy (non-hydrogen) atoms. The fraction of sp³-hybridized carbons (Fsp3) is 0.429. The summed E-state index contributed by atoms with van der Waals surface area (Å²) in [6.45, 7) is 3.60. The topological polar surface area (TPSA) is 17.1 Å². The predicted octanol–water partition coefficient (Wildman–Crippen LogP) is 2.45. The van der Waals surface area contributed by atoms with Gasteiger partial charge in [0, 0.05) is 28.6 Å². The lowest BCUT2D eigenvalue weighted by atomic mass is 10.8. The Morgan fingerprint density at radius 3 is 2.91 bits per heavy atom. The van der Waals surface area contributed by atoms with Gasteiger partial charge in [0.1, 0.15) is 0 Å². The second-order valence-electron chi connectivity index (χ2n) is 1.78. The summed E-state index contributed by atoms with van der Waals surface area (Å²) in [5, 5.41) is 1.97. The Bertz CT molecular complexity index is 154. The van der Waals surface area contributed by atoms with Gasteiger partial charge < -0.3 is 0 Å². The molecule has 0 bridgehead atoms. The average molecular weight is 208 g/mol.